The Bertz CT molecular complexity index is 665. The van der Waals surface area contributed by atoms with Gasteiger partial charge in [-0.25, -0.2) is 13.1 Å². The zero-order valence-electron chi connectivity index (χ0n) is 14.9. The molecule has 3 N–H and O–H groups in total. The molecular weight excluding hydrogens is 340 g/mol. The van der Waals surface area contributed by atoms with E-state index in [2.05, 4.69) is 10.0 Å². The first-order valence-electron chi connectivity index (χ1n) is 8.88. The predicted molar refractivity (Wildman–Crippen MR) is 97.7 cm³/mol. The van der Waals surface area contributed by atoms with Crippen LogP contribution in [0.15, 0.2) is 29.2 Å². The Labute approximate surface area is 150 Å². The van der Waals surface area contributed by atoms with Crippen molar-refractivity contribution in [3.63, 3.8) is 0 Å². The number of amides is 1. The maximum absolute atomic E-state index is 12.4. The summed E-state index contributed by atoms with van der Waals surface area (Å²) in [4.78, 5) is 11.8. The topological polar surface area (TPSA) is 95.5 Å². The van der Waals surface area contributed by atoms with E-state index in [0.717, 1.165) is 25.7 Å². The molecular formula is C18H28N2O4S. The summed E-state index contributed by atoms with van der Waals surface area (Å²) in [7, 11) is -3.68. The molecule has 1 atom stereocenters. The molecule has 1 amide bonds. The van der Waals surface area contributed by atoms with E-state index in [-0.39, 0.29) is 29.2 Å². The highest BCUT2D eigenvalue weighted by atomic mass is 32.2. The van der Waals surface area contributed by atoms with Crippen molar-refractivity contribution >= 4 is 21.6 Å². The van der Waals surface area contributed by atoms with Crippen LogP contribution < -0.4 is 10.0 Å². The van der Waals surface area contributed by atoms with E-state index in [1.165, 1.54) is 18.6 Å². The van der Waals surface area contributed by atoms with Crippen LogP contribution in [0.4, 0.5) is 5.69 Å². The van der Waals surface area contributed by atoms with E-state index in [0.29, 0.717) is 5.69 Å². The molecule has 1 unspecified atom stereocenters. The molecule has 1 aromatic carbocycles. The number of nitrogens with one attached hydrogen (secondary N) is 2. The third-order valence-electron chi connectivity index (χ3n) is 4.63. The fourth-order valence-electron chi connectivity index (χ4n) is 2.97. The lowest BCUT2D eigenvalue weighted by atomic mass is 9.85. The Morgan fingerprint density at radius 2 is 1.76 bits per heavy atom. The number of anilines is 1. The number of rotatable bonds is 7. The molecule has 0 radical (unpaired) electrons. The summed E-state index contributed by atoms with van der Waals surface area (Å²) in [6, 6.07) is 6.02. The van der Waals surface area contributed by atoms with E-state index in [1.54, 1.807) is 26.0 Å². The van der Waals surface area contributed by atoms with Crippen molar-refractivity contribution in [2.75, 3.05) is 11.9 Å². The lowest BCUT2D eigenvalue weighted by molar-refractivity contribution is -0.118. The molecule has 140 valence electrons. The number of sulfonamides is 1. The molecule has 6 nitrogen and oxygen atoms in total. The third-order valence-corrected chi connectivity index (χ3v) is 6.07. The fourth-order valence-corrected chi connectivity index (χ4v) is 4.02. The van der Waals surface area contributed by atoms with Gasteiger partial charge in [-0.2, -0.15) is 0 Å². The minimum absolute atomic E-state index is 0.0266. The van der Waals surface area contributed by atoms with E-state index in [9.17, 15) is 18.3 Å². The van der Waals surface area contributed by atoms with Gasteiger partial charge in [0, 0.05) is 18.2 Å². The standard InChI is InChI=1S/C18H28N2O4S/c1-13(2)18(22)20-15-8-10-16(11-9-15)25(23,24)19-12-17(21)14-6-4-3-5-7-14/h8-11,13-14,17,19,21H,3-7,12H2,1-2H3,(H,20,22). The van der Waals surface area contributed by atoms with Gasteiger partial charge in [-0.3, -0.25) is 4.79 Å². The van der Waals surface area contributed by atoms with Crippen molar-refractivity contribution < 1.29 is 18.3 Å². The Balaban J connectivity index is 1.93. The van der Waals surface area contributed by atoms with Gasteiger partial charge in [-0.05, 0) is 43.0 Å². The summed E-state index contributed by atoms with van der Waals surface area (Å²) in [6.45, 7) is 3.60. The van der Waals surface area contributed by atoms with Gasteiger partial charge in [-0.1, -0.05) is 33.1 Å². The minimum atomic E-state index is -3.68. The van der Waals surface area contributed by atoms with Crippen LogP contribution in [-0.2, 0) is 14.8 Å². The molecule has 1 aliphatic carbocycles. The Morgan fingerprint density at radius 1 is 1.16 bits per heavy atom. The monoisotopic (exact) mass is 368 g/mol. The smallest absolute Gasteiger partial charge is 0.240 e. The number of carbonyl (C=O) groups is 1. The number of hydrogen-bond donors (Lipinski definition) is 3. The number of carbonyl (C=O) groups excluding carboxylic acids is 1. The highest BCUT2D eigenvalue weighted by Gasteiger charge is 2.24. The molecule has 0 aliphatic heterocycles. The second-order valence-corrected chi connectivity index (χ2v) is 8.75. The molecule has 2 rings (SSSR count). The van der Waals surface area contributed by atoms with Crippen LogP contribution in [0.2, 0.25) is 0 Å². The Kier molecular flexibility index (Phi) is 6.98. The maximum Gasteiger partial charge on any atom is 0.240 e. The van der Waals surface area contributed by atoms with Gasteiger partial charge >= 0.3 is 0 Å². The molecule has 0 saturated heterocycles. The van der Waals surface area contributed by atoms with Crippen LogP contribution in [0.5, 0.6) is 0 Å². The third kappa shape index (κ3) is 5.80. The molecule has 25 heavy (non-hydrogen) atoms. The predicted octanol–water partition coefficient (Wildman–Crippen LogP) is 2.50. The van der Waals surface area contributed by atoms with Crippen molar-refractivity contribution in [3.05, 3.63) is 24.3 Å². The zero-order valence-corrected chi connectivity index (χ0v) is 15.7. The number of aliphatic hydroxyl groups excluding tert-OH is 1. The minimum Gasteiger partial charge on any atom is -0.391 e. The zero-order chi connectivity index (χ0) is 18.4. The maximum atomic E-state index is 12.4. The average molecular weight is 368 g/mol. The summed E-state index contributed by atoms with van der Waals surface area (Å²) < 4.78 is 27.2. The molecule has 0 spiro atoms. The van der Waals surface area contributed by atoms with Gasteiger partial charge < -0.3 is 10.4 Å². The molecule has 0 aromatic heterocycles. The lowest BCUT2D eigenvalue weighted by Gasteiger charge is -2.26. The van der Waals surface area contributed by atoms with E-state index in [4.69, 9.17) is 0 Å². The van der Waals surface area contributed by atoms with Gasteiger partial charge in [0.25, 0.3) is 0 Å². The summed E-state index contributed by atoms with van der Waals surface area (Å²) in [6.07, 6.45) is 4.63. The summed E-state index contributed by atoms with van der Waals surface area (Å²) in [5.74, 6) is -0.0965. The van der Waals surface area contributed by atoms with Crippen LogP contribution in [0, 0.1) is 11.8 Å². The largest absolute Gasteiger partial charge is 0.391 e. The highest BCUT2D eigenvalue weighted by Crippen LogP contribution is 2.26. The first-order chi connectivity index (χ1) is 11.8. The van der Waals surface area contributed by atoms with Crippen LogP contribution in [-0.4, -0.2) is 32.1 Å². The highest BCUT2D eigenvalue weighted by molar-refractivity contribution is 7.89. The van der Waals surface area contributed by atoms with Gasteiger partial charge in [-0.15, -0.1) is 0 Å². The summed E-state index contributed by atoms with van der Waals surface area (Å²) >= 11 is 0. The molecule has 1 aliphatic rings. The Hall–Kier alpha value is -1.44. The van der Waals surface area contributed by atoms with Gasteiger partial charge in [0.05, 0.1) is 11.0 Å². The van der Waals surface area contributed by atoms with Crippen LogP contribution in [0.25, 0.3) is 0 Å². The van der Waals surface area contributed by atoms with Crippen LogP contribution >= 0.6 is 0 Å². The second kappa shape index (κ2) is 8.78. The van der Waals surface area contributed by atoms with Gasteiger partial charge in [0.2, 0.25) is 15.9 Å². The first-order valence-corrected chi connectivity index (χ1v) is 10.4. The van der Waals surface area contributed by atoms with Crippen molar-refractivity contribution in [1.29, 1.82) is 0 Å². The van der Waals surface area contributed by atoms with Crippen molar-refractivity contribution in [3.8, 4) is 0 Å². The Morgan fingerprint density at radius 3 is 2.32 bits per heavy atom. The van der Waals surface area contributed by atoms with Crippen molar-refractivity contribution in [2.45, 2.75) is 57.0 Å². The normalized spacial score (nSPS) is 17.4. The molecule has 0 bridgehead atoms. The average Bonchev–Trinajstić information content (AvgIpc) is 2.61. The lowest BCUT2D eigenvalue weighted by Crippen LogP contribution is -2.37. The number of aliphatic hydroxyl groups is 1. The molecule has 0 heterocycles. The molecule has 1 fully saturated rings. The van der Waals surface area contributed by atoms with Gasteiger partial charge in [0.1, 0.15) is 0 Å². The van der Waals surface area contributed by atoms with Gasteiger partial charge in [0.15, 0.2) is 0 Å². The van der Waals surface area contributed by atoms with Crippen molar-refractivity contribution in [2.24, 2.45) is 11.8 Å². The SMILES string of the molecule is CC(C)C(=O)Nc1ccc(S(=O)(=O)NCC(O)C2CCCCC2)cc1. The second-order valence-electron chi connectivity index (χ2n) is 6.99. The van der Waals surface area contributed by atoms with E-state index < -0.39 is 16.1 Å². The van der Waals surface area contributed by atoms with Crippen molar-refractivity contribution in [1.82, 2.24) is 4.72 Å². The summed E-state index contributed by atoms with van der Waals surface area (Å²) in [5.41, 5.74) is 0.555. The first kappa shape index (κ1) is 19.9. The molecule has 1 aromatic rings. The van der Waals surface area contributed by atoms with Crippen LogP contribution in [0.1, 0.15) is 46.0 Å². The summed E-state index contributed by atoms with van der Waals surface area (Å²) in [5, 5.41) is 12.9. The number of benzene rings is 1. The number of hydrogen-bond acceptors (Lipinski definition) is 4. The van der Waals surface area contributed by atoms with Crippen LogP contribution in [0.3, 0.4) is 0 Å². The quantitative estimate of drug-likeness (QED) is 0.689. The van der Waals surface area contributed by atoms with E-state index >= 15 is 0 Å². The molecule has 1 saturated carbocycles. The fraction of sp³-hybridized carbons (Fsp3) is 0.611. The molecule has 7 heteroatoms. The van der Waals surface area contributed by atoms with E-state index in [1.807, 2.05) is 0 Å².